The summed E-state index contributed by atoms with van der Waals surface area (Å²) in [5.41, 5.74) is 2.56. The summed E-state index contributed by atoms with van der Waals surface area (Å²) in [5, 5.41) is 7.90. The van der Waals surface area contributed by atoms with E-state index < -0.39 is 5.60 Å². The molecule has 2 rings (SSSR count). The van der Waals surface area contributed by atoms with Gasteiger partial charge >= 0.3 is 0 Å². The highest BCUT2D eigenvalue weighted by Gasteiger charge is 2.39. The van der Waals surface area contributed by atoms with E-state index in [4.69, 9.17) is 5.26 Å². The minimum atomic E-state index is -0.403. The van der Waals surface area contributed by atoms with Gasteiger partial charge in [-0.1, -0.05) is 88.4 Å². The Hall–Kier alpha value is -1.64. The molecule has 0 aromatic heterocycles. The van der Waals surface area contributed by atoms with Crippen molar-refractivity contribution in [3.8, 4) is 0 Å². The van der Waals surface area contributed by atoms with Crippen LogP contribution in [0.15, 0.2) is 60.7 Å². The molecule has 2 aromatic rings. The lowest BCUT2D eigenvalue weighted by molar-refractivity contribution is -0.306. The number of rotatable bonds is 3. The fourth-order valence-corrected chi connectivity index (χ4v) is 2.43. The quantitative estimate of drug-likeness (QED) is 0.535. The first-order valence-corrected chi connectivity index (χ1v) is 8.46. The standard InChI is InChI=1S/C18H22.C4H10O2/c1-17(2,15-11-7-5-8-12-15)18(3,4)16-13-9-6-10-14-16;1-4(2,3)6-5/h5-14H,1-4H3;5H,1-3H3. The van der Waals surface area contributed by atoms with Gasteiger partial charge in [-0.05, 0) is 42.7 Å². The van der Waals surface area contributed by atoms with E-state index in [1.54, 1.807) is 20.8 Å². The van der Waals surface area contributed by atoms with Crippen LogP contribution in [0.1, 0.15) is 59.6 Å². The second-order valence-corrected chi connectivity index (χ2v) is 8.19. The topological polar surface area (TPSA) is 29.5 Å². The van der Waals surface area contributed by atoms with Gasteiger partial charge in [0.2, 0.25) is 0 Å². The summed E-state index contributed by atoms with van der Waals surface area (Å²) in [6.07, 6.45) is 0. The lowest BCUT2D eigenvalue weighted by Crippen LogP contribution is -2.40. The van der Waals surface area contributed by atoms with Gasteiger partial charge in [-0.3, -0.25) is 5.26 Å². The zero-order valence-corrected chi connectivity index (χ0v) is 16.1. The summed E-state index contributed by atoms with van der Waals surface area (Å²) in [6.45, 7) is 14.6. The molecule has 0 amide bonds. The van der Waals surface area contributed by atoms with Crippen molar-refractivity contribution in [3.63, 3.8) is 0 Å². The predicted octanol–water partition coefficient (Wildman–Crippen LogP) is 6.22. The van der Waals surface area contributed by atoms with Crippen molar-refractivity contribution in [1.82, 2.24) is 0 Å². The number of hydrogen-bond acceptors (Lipinski definition) is 2. The highest BCUT2D eigenvalue weighted by atomic mass is 17.1. The molecule has 0 saturated carbocycles. The molecule has 2 nitrogen and oxygen atoms in total. The maximum atomic E-state index is 7.90. The van der Waals surface area contributed by atoms with Crippen LogP contribution in [0.25, 0.3) is 0 Å². The van der Waals surface area contributed by atoms with Crippen LogP contribution in [0.3, 0.4) is 0 Å². The molecule has 0 bridgehead atoms. The van der Waals surface area contributed by atoms with Gasteiger partial charge < -0.3 is 0 Å². The first-order valence-electron chi connectivity index (χ1n) is 8.46. The lowest BCUT2D eigenvalue weighted by Gasteiger charge is -2.43. The Morgan fingerprint density at radius 3 is 1.04 bits per heavy atom. The first-order chi connectivity index (χ1) is 11.0. The average molecular weight is 328 g/mol. The normalized spacial score (nSPS) is 12.3. The maximum absolute atomic E-state index is 7.90. The van der Waals surface area contributed by atoms with Gasteiger partial charge in [0.05, 0.1) is 5.60 Å². The van der Waals surface area contributed by atoms with Crippen LogP contribution in [-0.4, -0.2) is 10.9 Å². The van der Waals surface area contributed by atoms with E-state index in [2.05, 4.69) is 93.2 Å². The molecule has 24 heavy (non-hydrogen) atoms. The Labute approximate surface area is 147 Å². The molecule has 0 spiro atoms. The van der Waals surface area contributed by atoms with Crippen molar-refractivity contribution in [2.24, 2.45) is 0 Å². The molecule has 0 saturated heterocycles. The SMILES string of the molecule is CC(C)(C)OO.CC(C)(c1ccccc1)C(C)(C)c1ccccc1. The second kappa shape index (κ2) is 7.96. The van der Waals surface area contributed by atoms with Crippen LogP contribution >= 0.6 is 0 Å². The van der Waals surface area contributed by atoms with Crippen LogP contribution in [0.4, 0.5) is 0 Å². The van der Waals surface area contributed by atoms with Crippen molar-refractivity contribution in [2.45, 2.75) is 64.9 Å². The second-order valence-electron chi connectivity index (χ2n) is 8.19. The highest BCUT2D eigenvalue weighted by molar-refractivity contribution is 5.35. The van der Waals surface area contributed by atoms with Gasteiger partial charge in [-0.2, -0.15) is 0 Å². The zero-order chi connectivity index (χ0) is 18.4. The summed E-state index contributed by atoms with van der Waals surface area (Å²) < 4.78 is 0. The minimum Gasteiger partial charge on any atom is -0.251 e. The summed E-state index contributed by atoms with van der Waals surface area (Å²) in [7, 11) is 0. The Morgan fingerprint density at radius 1 is 0.583 bits per heavy atom. The molecule has 2 aromatic carbocycles. The number of hydrogen-bond donors (Lipinski definition) is 1. The summed E-state index contributed by atoms with van der Waals surface area (Å²) in [4.78, 5) is 3.94. The molecular formula is C22H32O2. The molecule has 0 aliphatic carbocycles. The summed E-state index contributed by atoms with van der Waals surface area (Å²) >= 11 is 0. The number of benzene rings is 2. The van der Waals surface area contributed by atoms with Crippen LogP contribution in [0.5, 0.6) is 0 Å². The smallest absolute Gasteiger partial charge is 0.0949 e. The van der Waals surface area contributed by atoms with E-state index in [9.17, 15) is 0 Å². The average Bonchev–Trinajstić information content (AvgIpc) is 2.56. The molecule has 0 radical (unpaired) electrons. The lowest BCUT2D eigenvalue weighted by atomic mass is 9.61. The Morgan fingerprint density at radius 2 is 0.833 bits per heavy atom. The molecule has 1 N–H and O–H groups in total. The molecular weight excluding hydrogens is 296 g/mol. The van der Waals surface area contributed by atoms with Crippen molar-refractivity contribution in [3.05, 3.63) is 71.8 Å². The first kappa shape index (κ1) is 20.4. The van der Waals surface area contributed by atoms with Crippen molar-refractivity contribution >= 4 is 0 Å². The monoisotopic (exact) mass is 328 g/mol. The van der Waals surface area contributed by atoms with Gasteiger partial charge in [-0.15, -0.1) is 0 Å². The third-order valence-corrected chi connectivity index (χ3v) is 4.83. The van der Waals surface area contributed by atoms with Gasteiger partial charge in [0.25, 0.3) is 0 Å². The van der Waals surface area contributed by atoms with E-state index >= 15 is 0 Å². The Bertz CT molecular complexity index is 543. The fraction of sp³-hybridized carbons (Fsp3) is 0.455. The van der Waals surface area contributed by atoms with Crippen LogP contribution < -0.4 is 0 Å². The van der Waals surface area contributed by atoms with Crippen molar-refractivity contribution in [1.29, 1.82) is 0 Å². The van der Waals surface area contributed by atoms with E-state index in [0.29, 0.717) is 0 Å². The minimum absolute atomic E-state index is 0.0929. The van der Waals surface area contributed by atoms with Gasteiger partial charge in [0, 0.05) is 0 Å². The summed E-state index contributed by atoms with van der Waals surface area (Å²) in [5.74, 6) is 0. The van der Waals surface area contributed by atoms with E-state index in [1.165, 1.54) is 11.1 Å². The molecule has 2 heteroatoms. The molecule has 132 valence electrons. The molecule has 0 atom stereocenters. The summed E-state index contributed by atoms with van der Waals surface area (Å²) in [6, 6.07) is 21.6. The molecule has 0 unspecified atom stereocenters. The van der Waals surface area contributed by atoms with Gasteiger partial charge in [0.15, 0.2) is 0 Å². The van der Waals surface area contributed by atoms with Crippen LogP contribution in [-0.2, 0) is 15.7 Å². The van der Waals surface area contributed by atoms with E-state index in [0.717, 1.165) is 0 Å². The van der Waals surface area contributed by atoms with Gasteiger partial charge in [-0.25, -0.2) is 4.89 Å². The maximum Gasteiger partial charge on any atom is 0.0949 e. The highest BCUT2D eigenvalue weighted by Crippen LogP contribution is 2.43. The molecule has 0 aliphatic rings. The van der Waals surface area contributed by atoms with Crippen molar-refractivity contribution < 1.29 is 10.1 Å². The Balaban J connectivity index is 0.000000413. The van der Waals surface area contributed by atoms with Crippen molar-refractivity contribution in [2.75, 3.05) is 0 Å². The zero-order valence-electron chi connectivity index (χ0n) is 16.1. The third-order valence-electron chi connectivity index (χ3n) is 4.83. The van der Waals surface area contributed by atoms with Crippen LogP contribution in [0, 0.1) is 0 Å². The predicted molar refractivity (Wildman–Crippen MR) is 102 cm³/mol. The van der Waals surface area contributed by atoms with E-state index in [-0.39, 0.29) is 10.8 Å². The third kappa shape index (κ3) is 5.19. The van der Waals surface area contributed by atoms with Gasteiger partial charge in [0.1, 0.15) is 0 Å². The Kier molecular flexibility index (Phi) is 6.76. The molecule has 0 heterocycles. The molecule has 0 aliphatic heterocycles. The van der Waals surface area contributed by atoms with E-state index in [1.807, 2.05) is 0 Å². The van der Waals surface area contributed by atoms with Crippen LogP contribution in [0.2, 0.25) is 0 Å². The molecule has 0 fully saturated rings. The largest absolute Gasteiger partial charge is 0.251 e. The fourth-order valence-electron chi connectivity index (χ4n) is 2.43.